The largest absolute Gasteiger partial charge is 0.481 e. The lowest BCUT2D eigenvalue weighted by Gasteiger charge is -2.10. The molecular weight excluding hydrogens is 230 g/mol. The monoisotopic (exact) mass is 241 g/mol. The number of pyridine rings is 1. The van der Waals surface area contributed by atoms with Gasteiger partial charge in [-0.1, -0.05) is 0 Å². The van der Waals surface area contributed by atoms with Crippen molar-refractivity contribution in [2.24, 2.45) is 0 Å². The molecule has 0 bridgehead atoms. The SMILES string of the molecule is CS(=O)(=O)c1cc(C2(C(=O)O)CC2)ccn1. The van der Waals surface area contributed by atoms with E-state index in [9.17, 15) is 13.2 Å². The minimum Gasteiger partial charge on any atom is -0.481 e. The summed E-state index contributed by atoms with van der Waals surface area (Å²) in [6.07, 6.45) is 3.50. The van der Waals surface area contributed by atoms with Crippen LogP contribution < -0.4 is 0 Å². The summed E-state index contributed by atoms with van der Waals surface area (Å²) in [4.78, 5) is 14.8. The van der Waals surface area contributed by atoms with Gasteiger partial charge in [0, 0.05) is 12.5 Å². The topological polar surface area (TPSA) is 84.3 Å². The van der Waals surface area contributed by atoms with Crippen molar-refractivity contribution in [2.75, 3.05) is 6.26 Å². The van der Waals surface area contributed by atoms with Crippen LogP contribution in [0.1, 0.15) is 18.4 Å². The molecule has 1 aromatic rings. The summed E-state index contributed by atoms with van der Waals surface area (Å²) in [5.41, 5.74) is -0.363. The number of carboxylic acids is 1. The molecule has 0 aliphatic heterocycles. The number of aliphatic carboxylic acids is 1. The summed E-state index contributed by atoms with van der Waals surface area (Å²) in [6, 6.07) is 2.92. The molecule has 6 heteroatoms. The standard InChI is InChI=1S/C10H11NO4S/c1-16(14,15)8-6-7(2-5-11-8)10(3-4-10)9(12)13/h2,5-6H,3-4H2,1H3,(H,12,13). The Morgan fingerprint density at radius 1 is 1.50 bits per heavy atom. The number of sulfone groups is 1. The third kappa shape index (κ3) is 1.69. The molecular formula is C10H11NO4S. The number of aromatic nitrogens is 1. The smallest absolute Gasteiger partial charge is 0.314 e. The Kier molecular flexibility index (Phi) is 2.27. The highest BCUT2D eigenvalue weighted by molar-refractivity contribution is 7.90. The van der Waals surface area contributed by atoms with Crippen LogP contribution >= 0.6 is 0 Å². The molecule has 0 radical (unpaired) electrons. The van der Waals surface area contributed by atoms with Crippen molar-refractivity contribution in [1.82, 2.24) is 4.98 Å². The molecule has 1 aromatic heterocycles. The van der Waals surface area contributed by atoms with E-state index in [2.05, 4.69) is 4.98 Å². The van der Waals surface area contributed by atoms with Gasteiger partial charge in [-0.15, -0.1) is 0 Å². The van der Waals surface area contributed by atoms with Gasteiger partial charge in [0.2, 0.25) is 0 Å². The number of hydrogen-bond acceptors (Lipinski definition) is 4. The van der Waals surface area contributed by atoms with E-state index in [1.54, 1.807) is 6.07 Å². The third-order valence-electron chi connectivity index (χ3n) is 2.83. The van der Waals surface area contributed by atoms with Crippen LogP contribution in [0.2, 0.25) is 0 Å². The van der Waals surface area contributed by atoms with Gasteiger partial charge in [-0.25, -0.2) is 13.4 Å². The van der Waals surface area contributed by atoms with Crippen LogP contribution in [0.25, 0.3) is 0 Å². The van der Waals surface area contributed by atoms with Gasteiger partial charge in [-0.2, -0.15) is 0 Å². The number of carbonyl (C=O) groups is 1. The normalized spacial score (nSPS) is 18.1. The van der Waals surface area contributed by atoms with Gasteiger partial charge < -0.3 is 5.11 Å². The van der Waals surface area contributed by atoms with Crippen LogP contribution in [-0.2, 0) is 20.0 Å². The lowest BCUT2D eigenvalue weighted by molar-refractivity contribution is -0.140. The zero-order valence-electron chi connectivity index (χ0n) is 8.67. The van der Waals surface area contributed by atoms with Crippen LogP contribution in [-0.4, -0.2) is 30.7 Å². The highest BCUT2D eigenvalue weighted by atomic mass is 32.2. The number of carboxylic acid groups (broad SMARTS) is 1. The average molecular weight is 241 g/mol. The van der Waals surface area contributed by atoms with Crippen LogP contribution in [0.15, 0.2) is 23.4 Å². The lowest BCUT2D eigenvalue weighted by atomic mass is 9.98. The molecule has 1 N–H and O–H groups in total. The number of hydrogen-bond donors (Lipinski definition) is 1. The molecule has 0 saturated heterocycles. The second-order valence-corrected chi connectivity index (χ2v) is 6.00. The fourth-order valence-corrected chi connectivity index (χ4v) is 2.25. The molecule has 1 saturated carbocycles. The first kappa shape index (κ1) is 11.1. The molecule has 1 fully saturated rings. The Hall–Kier alpha value is -1.43. The van der Waals surface area contributed by atoms with Gasteiger partial charge in [0.1, 0.15) is 0 Å². The summed E-state index contributed by atoms with van der Waals surface area (Å²) in [6.45, 7) is 0. The van der Waals surface area contributed by atoms with Crippen molar-refractivity contribution in [3.63, 3.8) is 0 Å². The highest BCUT2D eigenvalue weighted by Crippen LogP contribution is 2.48. The molecule has 2 rings (SSSR count). The molecule has 1 aliphatic carbocycles. The number of nitrogens with zero attached hydrogens (tertiary/aromatic N) is 1. The summed E-state index contributed by atoms with van der Waals surface area (Å²) < 4.78 is 22.6. The first-order valence-corrected chi connectivity index (χ1v) is 6.65. The Morgan fingerprint density at radius 2 is 2.12 bits per heavy atom. The highest BCUT2D eigenvalue weighted by Gasteiger charge is 2.51. The van der Waals surface area contributed by atoms with Crippen molar-refractivity contribution in [1.29, 1.82) is 0 Å². The van der Waals surface area contributed by atoms with Crippen molar-refractivity contribution >= 4 is 15.8 Å². The summed E-state index contributed by atoms with van der Waals surface area (Å²) in [5, 5.41) is 9.01. The first-order valence-electron chi connectivity index (χ1n) is 4.76. The van der Waals surface area contributed by atoms with Gasteiger partial charge in [0.15, 0.2) is 14.9 Å². The summed E-state index contributed by atoms with van der Waals surface area (Å²) in [7, 11) is -3.39. The second kappa shape index (κ2) is 3.28. The van der Waals surface area contributed by atoms with Crippen molar-refractivity contribution in [3.05, 3.63) is 23.9 Å². The lowest BCUT2D eigenvalue weighted by Crippen LogP contribution is -2.20. The van der Waals surface area contributed by atoms with Gasteiger partial charge in [-0.05, 0) is 30.5 Å². The fraction of sp³-hybridized carbons (Fsp3) is 0.400. The minimum absolute atomic E-state index is 0.0717. The Balaban J connectivity index is 2.49. The maximum atomic E-state index is 11.3. The Bertz CT molecular complexity index is 546. The second-order valence-electron chi connectivity index (χ2n) is 4.04. The molecule has 0 aromatic carbocycles. The molecule has 1 aliphatic rings. The molecule has 16 heavy (non-hydrogen) atoms. The fourth-order valence-electron chi connectivity index (χ4n) is 1.66. The first-order chi connectivity index (χ1) is 7.36. The van der Waals surface area contributed by atoms with E-state index in [4.69, 9.17) is 5.11 Å². The predicted octanol–water partition coefficient (Wildman–Crippen LogP) is 0.601. The summed E-state index contributed by atoms with van der Waals surface area (Å²) in [5.74, 6) is -0.904. The molecule has 0 unspecified atom stereocenters. The third-order valence-corrected chi connectivity index (χ3v) is 3.81. The molecule has 5 nitrogen and oxygen atoms in total. The van der Waals surface area contributed by atoms with E-state index in [0.717, 1.165) is 6.26 Å². The van der Waals surface area contributed by atoms with E-state index < -0.39 is 21.2 Å². The zero-order valence-corrected chi connectivity index (χ0v) is 9.49. The average Bonchev–Trinajstić information content (AvgIpc) is 2.97. The molecule has 1 heterocycles. The van der Waals surface area contributed by atoms with Crippen molar-refractivity contribution < 1.29 is 18.3 Å². The van der Waals surface area contributed by atoms with E-state index >= 15 is 0 Å². The molecule has 0 spiro atoms. The zero-order chi connectivity index (χ0) is 12.0. The van der Waals surface area contributed by atoms with Gasteiger partial charge in [0.05, 0.1) is 5.41 Å². The predicted molar refractivity (Wildman–Crippen MR) is 55.9 cm³/mol. The number of rotatable bonds is 3. The minimum atomic E-state index is -3.39. The van der Waals surface area contributed by atoms with Crippen molar-refractivity contribution in [2.45, 2.75) is 23.3 Å². The van der Waals surface area contributed by atoms with Crippen LogP contribution in [0.4, 0.5) is 0 Å². The van der Waals surface area contributed by atoms with E-state index in [-0.39, 0.29) is 5.03 Å². The van der Waals surface area contributed by atoms with Crippen LogP contribution in [0, 0.1) is 0 Å². The van der Waals surface area contributed by atoms with Crippen molar-refractivity contribution in [3.8, 4) is 0 Å². The van der Waals surface area contributed by atoms with E-state index in [1.165, 1.54) is 12.3 Å². The van der Waals surface area contributed by atoms with E-state index in [1.807, 2.05) is 0 Å². The van der Waals surface area contributed by atoms with E-state index in [0.29, 0.717) is 18.4 Å². The quantitative estimate of drug-likeness (QED) is 0.837. The van der Waals surface area contributed by atoms with Crippen LogP contribution in [0.5, 0.6) is 0 Å². The maximum absolute atomic E-state index is 11.3. The molecule has 86 valence electrons. The Labute approximate surface area is 93.1 Å². The molecule has 0 amide bonds. The van der Waals surface area contributed by atoms with Gasteiger partial charge >= 0.3 is 5.97 Å². The van der Waals surface area contributed by atoms with Gasteiger partial charge in [-0.3, -0.25) is 4.79 Å². The van der Waals surface area contributed by atoms with Gasteiger partial charge in [0.25, 0.3) is 0 Å². The molecule has 0 atom stereocenters. The summed E-state index contributed by atoms with van der Waals surface area (Å²) >= 11 is 0. The van der Waals surface area contributed by atoms with Crippen LogP contribution in [0.3, 0.4) is 0 Å². The Morgan fingerprint density at radius 3 is 2.56 bits per heavy atom. The maximum Gasteiger partial charge on any atom is 0.314 e.